The Bertz CT molecular complexity index is 318. The van der Waals surface area contributed by atoms with Crippen molar-refractivity contribution in [2.45, 2.75) is 50.6 Å². The van der Waals surface area contributed by atoms with E-state index in [-0.39, 0.29) is 30.3 Å². The smallest absolute Gasteiger partial charge is 0.303 e. The highest BCUT2D eigenvalue weighted by atomic mass is 16.4. The zero-order valence-electron chi connectivity index (χ0n) is 10.9. The van der Waals surface area contributed by atoms with Gasteiger partial charge in [-0.05, 0) is 38.6 Å². The molecule has 102 valence electrons. The number of nitrogens with one attached hydrogen (secondary N) is 1. The molecule has 2 saturated heterocycles. The van der Waals surface area contributed by atoms with Crippen LogP contribution in [0.4, 0.5) is 0 Å². The van der Waals surface area contributed by atoms with E-state index in [1.165, 1.54) is 0 Å². The monoisotopic (exact) mass is 254 g/mol. The average molecular weight is 254 g/mol. The predicted molar refractivity (Wildman–Crippen MR) is 67.2 cm³/mol. The van der Waals surface area contributed by atoms with Crippen molar-refractivity contribution < 1.29 is 14.7 Å². The Hall–Kier alpha value is -1.10. The second kappa shape index (κ2) is 5.69. The number of fused-ring (bicyclic) bond motifs is 2. The van der Waals surface area contributed by atoms with Crippen LogP contribution in [-0.2, 0) is 9.59 Å². The first kappa shape index (κ1) is 13.3. The van der Waals surface area contributed by atoms with Crippen LogP contribution in [0.25, 0.3) is 0 Å². The molecule has 5 heteroatoms. The summed E-state index contributed by atoms with van der Waals surface area (Å²) in [5.41, 5.74) is 0. The molecule has 5 nitrogen and oxygen atoms in total. The third-order valence-electron chi connectivity index (χ3n) is 4.17. The van der Waals surface area contributed by atoms with E-state index in [4.69, 9.17) is 5.11 Å². The lowest BCUT2D eigenvalue weighted by atomic mass is 9.88. The number of carbonyl (C=O) groups is 2. The van der Waals surface area contributed by atoms with E-state index in [2.05, 4.69) is 5.32 Å². The van der Waals surface area contributed by atoms with Crippen LogP contribution < -0.4 is 5.32 Å². The predicted octanol–water partition coefficient (Wildman–Crippen LogP) is 0.840. The molecule has 0 saturated carbocycles. The highest BCUT2D eigenvalue weighted by Gasteiger charge is 2.43. The minimum Gasteiger partial charge on any atom is -0.481 e. The topological polar surface area (TPSA) is 69.6 Å². The van der Waals surface area contributed by atoms with Crippen LogP contribution in [0.1, 0.15) is 38.5 Å². The summed E-state index contributed by atoms with van der Waals surface area (Å²) in [7, 11) is 1.85. The van der Waals surface area contributed by atoms with Gasteiger partial charge < -0.3 is 15.3 Å². The van der Waals surface area contributed by atoms with Crippen LogP contribution in [-0.4, -0.2) is 47.6 Å². The van der Waals surface area contributed by atoms with E-state index in [0.29, 0.717) is 13.0 Å². The van der Waals surface area contributed by atoms with Crippen LogP contribution in [0.15, 0.2) is 0 Å². The van der Waals surface area contributed by atoms with E-state index in [1.54, 1.807) is 0 Å². The van der Waals surface area contributed by atoms with Crippen molar-refractivity contribution in [1.29, 1.82) is 0 Å². The van der Waals surface area contributed by atoms with Crippen LogP contribution in [0.2, 0.25) is 0 Å². The molecule has 2 rings (SSSR count). The van der Waals surface area contributed by atoms with E-state index in [1.807, 2.05) is 11.9 Å². The summed E-state index contributed by atoms with van der Waals surface area (Å²) in [5, 5.41) is 11.9. The van der Waals surface area contributed by atoms with Gasteiger partial charge in [-0.25, -0.2) is 0 Å². The normalized spacial score (nSPS) is 30.5. The molecule has 0 aliphatic carbocycles. The molecule has 2 aliphatic heterocycles. The minimum absolute atomic E-state index is 0.227. The van der Waals surface area contributed by atoms with E-state index >= 15 is 0 Å². The summed E-state index contributed by atoms with van der Waals surface area (Å²) in [4.78, 5) is 24.9. The van der Waals surface area contributed by atoms with Crippen LogP contribution >= 0.6 is 0 Å². The number of nitrogens with zero attached hydrogens (tertiary/aromatic N) is 1. The first-order chi connectivity index (χ1) is 8.61. The van der Waals surface area contributed by atoms with Crippen LogP contribution in [0.3, 0.4) is 0 Å². The lowest BCUT2D eigenvalue weighted by Crippen LogP contribution is -2.47. The number of carboxylic acid groups (broad SMARTS) is 1. The summed E-state index contributed by atoms with van der Waals surface area (Å²) < 4.78 is 0. The molecule has 0 aromatic carbocycles. The van der Waals surface area contributed by atoms with Crippen molar-refractivity contribution in [3.63, 3.8) is 0 Å². The number of aliphatic carboxylic acids is 1. The van der Waals surface area contributed by atoms with Crippen molar-refractivity contribution in [2.75, 3.05) is 13.6 Å². The molecule has 0 aromatic heterocycles. The first-order valence-corrected chi connectivity index (χ1v) is 6.79. The number of hydrogen-bond acceptors (Lipinski definition) is 3. The van der Waals surface area contributed by atoms with Gasteiger partial charge in [0.25, 0.3) is 0 Å². The maximum Gasteiger partial charge on any atom is 0.303 e. The number of rotatable bonds is 5. The molecular weight excluding hydrogens is 232 g/mol. The Balaban J connectivity index is 1.93. The maximum absolute atomic E-state index is 12.1. The average Bonchev–Trinajstić information content (AvgIpc) is 2.57. The quantitative estimate of drug-likeness (QED) is 0.763. The van der Waals surface area contributed by atoms with Gasteiger partial charge in [-0.15, -0.1) is 0 Å². The lowest BCUT2D eigenvalue weighted by molar-refractivity contribution is -0.140. The van der Waals surface area contributed by atoms with Crippen molar-refractivity contribution in [1.82, 2.24) is 10.2 Å². The number of piperidine rings is 1. The SMILES string of the molecule is CNCCC(=O)N1C2CCC1CC(CC(=O)O)C2. The molecule has 0 radical (unpaired) electrons. The first-order valence-electron chi connectivity index (χ1n) is 6.79. The third kappa shape index (κ3) is 2.83. The standard InChI is InChI=1S/C13H22N2O3/c1-14-5-4-12(16)15-10-2-3-11(15)7-9(6-10)8-13(17)18/h9-11,14H,2-8H2,1H3,(H,17,18). The fraction of sp³-hybridized carbons (Fsp3) is 0.846. The van der Waals surface area contributed by atoms with Gasteiger partial charge in [0, 0.05) is 31.5 Å². The second-order valence-electron chi connectivity index (χ2n) is 5.47. The molecule has 2 N–H and O–H groups in total. The Morgan fingerprint density at radius 1 is 1.28 bits per heavy atom. The largest absolute Gasteiger partial charge is 0.481 e. The fourth-order valence-electron chi connectivity index (χ4n) is 3.47. The number of amides is 1. The molecule has 2 aliphatic rings. The van der Waals surface area contributed by atoms with Crippen molar-refractivity contribution in [2.24, 2.45) is 5.92 Å². The molecule has 2 atom stereocenters. The lowest BCUT2D eigenvalue weighted by Gasteiger charge is -2.38. The van der Waals surface area contributed by atoms with Gasteiger partial charge in [-0.3, -0.25) is 9.59 Å². The summed E-state index contributed by atoms with van der Waals surface area (Å²) in [5.74, 6) is -0.228. The van der Waals surface area contributed by atoms with Gasteiger partial charge in [0.1, 0.15) is 0 Å². The Labute approximate surface area is 108 Å². The molecule has 2 fully saturated rings. The third-order valence-corrected chi connectivity index (χ3v) is 4.17. The maximum atomic E-state index is 12.1. The van der Waals surface area contributed by atoms with Crippen LogP contribution in [0, 0.1) is 5.92 Å². The molecule has 2 unspecified atom stereocenters. The van der Waals surface area contributed by atoms with Crippen LogP contribution in [0.5, 0.6) is 0 Å². The summed E-state index contributed by atoms with van der Waals surface area (Å²) in [6.07, 6.45) is 4.64. The summed E-state index contributed by atoms with van der Waals surface area (Å²) >= 11 is 0. The molecule has 18 heavy (non-hydrogen) atoms. The molecule has 1 amide bonds. The van der Waals surface area contributed by atoms with Gasteiger partial charge >= 0.3 is 5.97 Å². The van der Waals surface area contributed by atoms with Gasteiger partial charge in [0.2, 0.25) is 5.91 Å². The van der Waals surface area contributed by atoms with Gasteiger partial charge in [-0.2, -0.15) is 0 Å². The minimum atomic E-state index is -0.714. The second-order valence-corrected chi connectivity index (χ2v) is 5.47. The van der Waals surface area contributed by atoms with Gasteiger partial charge in [0.15, 0.2) is 0 Å². The van der Waals surface area contributed by atoms with E-state index in [0.717, 1.165) is 25.7 Å². The molecular formula is C13H22N2O3. The van der Waals surface area contributed by atoms with Gasteiger partial charge in [0.05, 0.1) is 0 Å². The molecule has 0 aromatic rings. The molecule has 2 heterocycles. The Kier molecular flexibility index (Phi) is 4.22. The zero-order chi connectivity index (χ0) is 13.1. The summed E-state index contributed by atoms with van der Waals surface area (Å²) in [6.45, 7) is 0.716. The Morgan fingerprint density at radius 2 is 1.89 bits per heavy atom. The number of carboxylic acids is 1. The molecule has 2 bridgehead atoms. The van der Waals surface area contributed by atoms with E-state index in [9.17, 15) is 9.59 Å². The Morgan fingerprint density at radius 3 is 2.39 bits per heavy atom. The zero-order valence-corrected chi connectivity index (χ0v) is 10.9. The highest BCUT2D eigenvalue weighted by molar-refractivity contribution is 5.77. The molecule has 0 spiro atoms. The number of hydrogen-bond donors (Lipinski definition) is 2. The summed E-state index contributed by atoms with van der Waals surface area (Å²) in [6, 6.07) is 0.579. The fourth-order valence-corrected chi connectivity index (χ4v) is 3.47. The highest BCUT2D eigenvalue weighted by Crippen LogP contribution is 2.40. The van der Waals surface area contributed by atoms with Crippen molar-refractivity contribution in [3.05, 3.63) is 0 Å². The van der Waals surface area contributed by atoms with E-state index < -0.39 is 5.97 Å². The van der Waals surface area contributed by atoms with Crippen molar-refractivity contribution in [3.8, 4) is 0 Å². The van der Waals surface area contributed by atoms with Gasteiger partial charge in [-0.1, -0.05) is 0 Å². The number of carbonyl (C=O) groups excluding carboxylic acids is 1. The van der Waals surface area contributed by atoms with Crippen molar-refractivity contribution >= 4 is 11.9 Å².